The van der Waals surface area contributed by atoms with Crippen molar-refractivity contribution in [2.45, 2.75) is 26.3 Å². The number of hydrogen-bond acceptors (Lipinski definition) is 4. The van der Waals surface area contributed by atoms with E-state index >= 15 is 0 Å². The molecule has 0 unspecified atom stereocenters. The van der Waals surface area contributed by atoms with E-state index in [1.54, 1.807) is 41.8 Å². The number of carbonyl (C=O) groups excluding carboxylic acids is 2. The third-order valence-corrected chi connectivity index (χ3v) is 5.01. The summed E-state index contributed by atoms with van der Waals surface area (Å²) >= 11 is 0. The second-order valence-electron chi connectivity index (χ2n) is 7.33. The second kappa shape index (κ2) is 7.53. The molecule has 28 heavy (non-hydrogen) atoms. The van der Waals surface area contributed by atoms with Crippen LogP contribution in [0.3, 0.4) is 0 Å². The molecule has 1 aliphatic heterocycles. The van der Waals surface area contributed by atoms with E-state index in [-0.39, 0.29) is 17.6 Å². The summed E-state index contributed by atoms with van der Waals surface area (Å²) in [5, 5.41) is 4.37. The fourth-order valence-electron chi connectivity index (χ4n) is 3.29. The summed E-state index contributed by atoms with van der Waals surface area (Å²) in [5.74, 6) is -0.616. The van der Waals surface area contributed by atoms with Crippen LogP contribution in [0.1, 0.15) is 20.8 Å². The predicted octanol–water partition coefficient (Wildman–Crippen LogP) is 1.48. The van der Waals surface area contributed by atoms with Gasteiger partial charge in [-0.15, -0.1) is 0 Å². The molecule has 148 valence electrons. The number of hydrogen-bond donors (Lipinski definition) is 0. The van der Waals surface area contributed by atoms with Crippen molar-refractivity contribution in [3.8, 4) is 11.3 Å². The van der Waals surface area contributed by atoms with Crippen molar-refractivity contribution >= 4 is 11.8 Å². The molecule has 2 heterocycles. The molecule has 0 spiro atoms. The molecule has 1 saturated heterocycles. The lowest BCUT2D eigenvalue weighted by molar-refractivity contribution is -0.144. The van der Waals surface area contributed by atoms with Gasteiger partial charge in [0.2, 0.25) is 11.8 Å². The van der Waals surface area contributed by atoms with Gasteiger partial charge in [0.25, 0.3) is 5.56 Å². The highest BCUT2D eigenvalue weighted by Gasteiger charge is 2.37. The van der Waals surface area contributed by atoms with E-state index in [4.69, 9.17) is 0 Å². The fraction of sp³-hybridized carbons (Fsp3) is 0.400. The van der Waals surface area contributed by atoms with Crippen LogP contribution in [0.25, 0.3) is 11.3 Å². The van der Waals surface area contributed by atoms with Gasteiger partial charge in [-0.05, 0) is 44.2 Å². The van der Waals surface area contributed by atoms with Gasteiger partial charge in [-0.3, -0.25) is 14.4 Å². The Morgan fingerprint density at radius 3 is 2.11 bits per heavy atom. The van der Waals surface area contributed by atoms with Crippen molar-refractivity contribution in [3.63, 3.8) is 0 Å². The van der Waals surface area contributed by atoms with Crippen molar-refractivity contribution in [1.29, 1.82) is 0 Å². The highest BCUT2D eigenvalue weighted by Crippen LogP contribution is 2.21. The maximum Gasteiger partial charge on any atom is 0.267 e. The molecule has 0 saturated carbocycles. The van der Waals surface area contributed by atoms with E-state index in [9.17, 15) is 18.8 Å². The molecule has 0 radical (unpaired) electrons. The molecule has 2 aromatic rings. The number of piperazine rings is 1. The summed E-state index contributed by atoms with van der Waals surface area (Å²) in [6, 6.07) is 8.69. The molecule has 1 aliphatic rings. The van der Waals surface area contributed by atoms with E-state index in [1.165, 1.54) is 29.8 Å². The van der Waals surface area contributed by atoms with Crippen LogP contribution < -0.4 is 5.56 Å². The van der Waals surface area contributed by atoms with Crippen LogP contribution in [0.5, 0.6) is 0 Å². The van der Waals surface area contributed by atoms with Crippen LogP contribution in [0.15, 0.2) is 41.2 Å². The maximum atomic E-state index is 13.2. The average Bonchev–Trinajstić information content (AvgIpc) is 2.68. The number of rotatable bonds is 3. The van der Waals surface area contributed by atoms with E-state index in [0.29, 0.717) is 37.4 Å². The summed E-state index contributed by atoms with van der Waals surface area (Å²) in [6.45, 7) is 6.56. The van der Waals surface area contributed by atoms with Crippen molar-refractivity contribution in [2.75, 3.05) is 26.2 Å². The highest BCUT2D eigenvalue weighted by molar-refractivity contribution is 5.84. The van der Waals surface area contributed by atoms with E-state index < -0.39 is 11.1 Å². The Balaban J connectivity index is 1.87. The zero-order valence-corrected chi connectivity index (χ0v) is 16.2. The Morgan fingerprint density at radius 2 is 1.54 bits per heavy atom. The monoisotopic (exact) mass is 386 g/mol. The molecule has 3 rings (SSSR count). The topological polar surface area (TPSA) is 75.5 Å². The van der Waals surface area contributed by atoms with Crippen LogP contribution in [0.4, 0.5) is 4.39 Å². The quantitative estimate of drug-likeness (QED) is 0.801. The van der Waals surface area contributed by atoms with E-state index in [2.05, 4.69) is 5.10 Å². The molecule has 8 heteroatoms. The standard InChI is InChI=1S/C20H23FN4O3/c1-14(26)23-10-12-24(13-11-23)19(28)20(2,3)25-18(27)9-8-17(22-25)15-4-6-16(21)7-5-15/h4-9H,10-13H2,1-3H3. The molecule has 0 bridgehead atoms. The van der Waals surface area contributed by atoms with Crippen LogP contribution in [-0.4, -0.2) is 57.6 Å². The zero-order valence-electron chi connectivity index (χ0n) is 16.2. The minimum atomic E-state index is -1.20. The molecule has 2 amide bonds. The lowest BCUT2D eigenvalue weighted by Crippen LogP contribution is -2.57. The summed E-state index contributed by atoms with van der Waals surface area (Å²) < 4.78 is 14.3. The highest BCUT2D eigenvalue weighted by atomic mass is 19.1. The predicted molar refractivity (Wildman–Crippen MR) is 102 cm³/mol. The van der Waals surface area contributed by atoms with Gasteiger partial charge in [0.15, 0.2) is 0 Å². The third kappa shape index (κ3) is 3.81. The maximum absolute atomic E-state index is 13.2. The SMILES string of the molecule is CC(=O)N1CCN(C(=O)C(C)(C)n2nc(-c3ccc(F)cc3)ccc2=O)CC1. The molecule has 0 N–H and O–H groups in total. The van der Waals surface area contributed by atoms with Gasteiger partial charge in [-0.25, -0.2) is 9.07 Å². The second-order valence-corrected chi connectivity index (χ2v) is 7.33. The molecule has 0 aliphatic carbocycles. The van der Waals surface area contributed by atoms with Gasteiger partial charge in [-0.1, -0.05) is 0 Å². The van der Waals surface area contributed by atoms with Crippen molar-refractivity contribution in [1.82, 2.24) is 19.6 Å². The number of amides is 2. The molecule has 1 fully saturated rings. The fourth-order valence-corrected chi connectivity index (χ4v) is 3.29. The third-order valence-electron chi connectivity index (χ3n) is 5.01. The Labute approximate surface area is 162 Å². The van der Waals surface area contributed by atoms with Crippen molar-refractivity contribution < 1.29 is 14.0 Å². The molecule has 0 atom stereocenters. The van der Waals surface area contributed by atoms with Crippen LogP contribution in [0.2, 0.25) is 0 Å². The number of halogens is 1. The van der Waals surface area contributed by atoms with Crippen LogP contribution in [-0.2, 0) is 15.1 Å². The van der Waals surface area contributed by atoms with Crippen molar-refractivity contribution in [3.05, 3.63) is 52.6 Å². The van der Waals surface area contributed by atoms with Gasteiger partial charge in [-0.2, -0.15) is 5.10 Å². The lowest BCUT2D eigenvalue weighted by Gasteiger charge is -2.38. The van der Waals surface area contributed by atoms with Gasteiger partial charge in [0.05, 0.1) is 5.69 Å². The summed E-state index contributed by atoms with van der Waals surface area (Å²) in [5.41, 5.74) is -0.479. The molecule has 1 aromatic heterocycles. The number of aromatic nitrogens is 2. The van der Waals surface area contributed by atoms with Gasteiger partial charge < -0.3 is 9.80 Å². The van der Waals surface area contributed by atoms with Crippen LogP contribution >= 0.6 is 0 Å². The summed E-state index contributed by atoms with van der Waals surface area (Å²) in [6.07, 6.45) is 0. The minimum absolute atomic E-state index is 0.0174. The smallest absolute Gasteiger partial charge is 0.267 e. The first kappa shape index (κ1) is 19.7. The Hall–Kier alpha value is -3.03. The Morgan fingerprint density at radius 1 is 0.964 bits per heavy atom. The van der Waals surface area contributed by atoms with Gasteiger partial charge in [0, 0.05) is 44.7 Å². The largest absolute Gasteiger partial charge is 0.339 e. The average molecular weight is 386 g/mol. The minimum Gasteiger partial charge on any atom is -0.339 e. The Kier molecular flexibility index (Phi) is 5.31. The first-order valence-corrected chi connectivity index (χ1v) is 9.12. The van der Waals surface area contributed by atoms with E-state index in [0.717, 1.165) is 0 Å². The molecular weight excluding hydrogens is 363 g/mol. The number of carbonyl (C=O) groups is 2. The molecular formula is C20H23FN4O3. The number of benzene rings is 1. The first-order valence-electron chi connectivity index (χ1n) is 9.12. The van der Waals surface area contributed by atoms with E-state index in [1.807, 2.05) is 0 Å². The molecule has 1 aromatic carbocycles. The Bertz CT molecular complexity index is 945. The van der Waals surface area contributed by atoms with Gasteiger partial charge in [0.1, 0.15) is 11.4 Å². The normalized spacial score (nSPS) is 14.9. The van der Waals surface area contributed by atoms with Crippen LogP contribution in [0, 0.1) is 5.82 Å². The number of nitrogens with zero attached hydrogens (tertiary/aromatic N) is 4. The molecule has 7 nitrogen and oxygen atoms in total. The van der Waals surface area contributed by atoms with Gasteiger partial charge >= 0.3 is 0 Å². The summed E-state index contributed by atoms with van der Waals surface area (Å²) in [4.78, 5) is 40.4. The van der Waals surface area contributed by atoms with Crippen molar-refractivity contribution in [2.24, 2.45) is 0 Å². The summed E-state index contributed by atoms with van der Waals surface area (Å²) in [7, 11) is 0. The zero-order chi connectivity index (χ0) is 20.5. The first-order chi connectivity index (χ1) is 13.2. The lowest BCUT2D eigenvalue weighted by atomic mass is 10.0.